The molecular formula is C24H34N4O2. The van der Waals surface area contributed by atoms with Gasteiger partial charge in [0.2, 0.25) is 5.91 Å². The van der Waals surface area contributed by atoms with Crippen molar-refractivity contribution in [2.24, 2.45) is 17.8 Å². The summed E-state index contributed by atoms with van der Waals surface area (Å²) in [6.07, 6.45) is 12.3. The van der Waals surface area contributed by atoms with Gasteiger partial charge in [-0.2, -0.15) is 0 Å². The zero-order valence-corrected chi connectivity index (χ0v) is 17.9. The third-order valence-corrected chi connectivity index (χ3v) is 7.79. The number of carbonyl (C=O) groups is 2. The van der Waals surface area contributed by atoms with Crippen LogP contribution in [0.1, 0.15) is 68.1 Å². The highest BCUT2D eigenvalue weighted by Gasteiger charge is 2.44. The Morgan fingerprint density at radius 1 is 1.07 bits per heavy atom. The van der Waals surface area contributed by atoms with E-state index in [1.165, 1.54) is 38.5 Å². The summed E-state index contributed by atoms with van der Waals surface area (Å²) in [5.41, 5.74) is 0.649. The van der Waals surface area contributed by atoms with Crippen LogP contribution >= 0.6 is 0 Å². The molecule has 1 aliphatic carbocycles. The molecule has 1 aromatic heterocycles. The number of carbonyl (C=O) groups excluding carboxylic acids is 2. The van der Waals surface area contributed by atoms with Crippen molar-refractivity contribution in [2.75, 3.05) is 31.1 Å². The number of rotatable bonds is 4. The van der Waals surface area contributed by atoms with Crippen LogP contribution in [0.2, 0.25) is 0 Å². The molecule has 1 saturated carbocycles. The SMILES string of the molecule is O=C(NCC1CCCCC1)c1ccc(N2CC3CC(C2)[C@H]2CCCC(=O)N2C3)nc1. The summed E-state index contributed by atoms with van der Waals surface area (Å²) in [5, 5.41) is 3.11. The molecule has 30 heavy (non-hydrogen) atoms. The highest BCUT2D eigenvalue weighted by atomic mass is 16.2. The first-order valence-corrected chi connectivity index (χ1v) is 12.0. The van der Waals surface area contributed by atoms with E-state index in [-0.39, 0.29) is 5.91 Å². The molecule has 162 valence electrons. The van der Waals surface area contributed by atoms with Crippen LogP contribution in [-0.2, 0) is 4.79 Å². The Labute approximate surface area is 179 Å². The van der Waals surface area contributed by atoms with E-state index in [0.29, 0.717) is 35.3 Å². The standard InChI is InChI=1S/C24H34N4O2/c29-23-8-4-7-21-20-11-18(15-28(21)23)14-27(16-20)22-10-9-19(13-25-22)24(30)26-12-17-5-2-1-3-6-17/h9-10,13,17-18,20-21H,1-8,11-12,14-16H2,(H,26,30)/t18?,20?,21-/m1/s1. The minimum absolute atomic E-state index is 0.00787. The molecule has 3 saturated heterocycles. The van der Waals surface area contributed by atoms with Gasteiger partial charge in [0, 0.05) is 44.8 Å². The summed E-state index contributed by atoms with van der Waals surface area (Å²) in [7, 11) is 0. The van der Waals surface area contributed by atoms with Gasteiger partial charge < -0.3 is 15.1 Å². The Hall–Kier alpha value is -2.11. The van der Waals surface area contributed by atoms with Crippen molar-refractivity contribution < 1.29 is 9.59 Å². The van der Waals surface area contributed by atoms with E-state index in [1.807, 2.05) is 12.1 Å². The third-order valence-electron chi connectivity index (χ3n) is 7.79. The number of aromatic nitrogens is 1. The molecular weight excluding hydrogens is 376 g/mol. The van der Waals surface area contributed by atoms with Gasteiger partial charge in [0.15, 0.2) is 0 Å². The van der Waals surface area contributed by atoms with Crippen molar-refractivity contribution in [1.82, 2.24) is 15.2 Å². The maximum atomic E-state index is 12.5. The van der Waals surface area contributed by atoms with Gasteiger partial charge in [0.1, 0.15) is 5.82 Å². The Bertz CT molecular complexity index is 774. The number of piperidine rings is 3. The van der Waals surface area contributed by atoms with Crippen molar-refractivity contribution in [2.45, 2.75) is 63.8 Å². The van der Waals surface area contributed by atoms with Gasteiger partial charge in [-0.25, -0.2) is 4.98 Å². The first-order valence-electron chi connectivity index (χ1n) is 12.0. The second-order valence-electron chi connectivity index (χ2n) is 9.89. The highest BCUT2D eigenvalue weighted by molar-refractivity contribution is 5.94. The molecule has 6 heteroatoms. The maximum absolute atomic E-state index is 12.5. The molecule has 4 heterocycles. The molecule has 3 aliphatic heterocycles. The lowest BCUT2D eigenvalue weighted by atomic mass is 9.76. The van der Waals surface area contributed by atoms with Gasteiger partial charge in [-0.05, 0) is 62.0 Å². The molecule has 2 amide bonds. The maximum Gasteiger partial charge on any atom is 0.252 e. The summed E-state index contributed by atoms with van der Waals surface area (Å²) in [6.45, 7) is 3.60. The van der Waals surface area contributed by atoms with Crippen LogP contribution in [0.4, 0.5) is 5.82 Å². The lowest BCUT2D eigenvalue weighted by molar-refractivity contribution is -0.142. The van der Waals surface area contributed by atoms with Crippen molar-refractivity contribution >= 4 is 17.6 Å². The number of hydrogen-bond acceptors (Lipinski definition) is 4. The summed E-state index contributed by atoms with van der Waals surface area (Å²) >= 11 is 0. The summed E-state index contributed by atoms with van der Waals surface area (Å²) in [5.74, 6) is 3.02. The second-order valence-corrected chi connectivity index (χ2v) is 9.89. The Morgan fingerprint density at radius 3 is 2.73 bits per heavy atom. The van der Waals surface area contributed by atoms with Crippen LogP contribution in [0, 0.1) is 17.8 Å². The van der Waals surface area contributed by atoms with Crippen molar-refractivity contribution in [1.29, 1.82) is 0 Å². The first-order chi connectivity index (χ1) is 14.7. The highest BCUT2D eigenvalue weighted by Crippen LogP contribution is 2.38. The summed E-state index contributed by atoms with van der Waals surface area (Å²) < 4.78 is 0. The number of amides is 2. The zero-order valence-electron chi connectivity index (χ0n) is 17.9. The Morgan fingerprint density at radius 2 is 1.93 bits per heavy atom. The molecule has 2 unspecified atom stereocenters. The topological polar surface area (TPSA) is 65.5 Å². The van der Waals surface area contributed by atoms with Crippen molar-refractivity contribution in [3.05, 3.63) is 23.9 Å². The average molecular weight is 411 g/mol. The third kappa shape index (κ3) is 4.06. The Balaban J connectivity index is 1.19. The Kier molecular flexibility index (Phi) is 5.66. The van der Waals surface area contributed by atoms with E-state index in [2.05, 4.69) is 20.1 Å². The minimum Gasteiger partial charge on any atom is -0.356 e. The molecule has 1 N–H and O–H groups in total. The van der Waals surface area contributed by atoms with Gasteiger partial charge >= 0.3 is 0 Å². The second kappa shape index (κ2) is 8.56. The molecule has 6 nitrogen and oxygen atoms in total. The van der Waals surface area contributed by atoms with E-state index in [9.17, 15) is 9.59 Å². The van der Waals surface area contributed by atoms with Crippen LogP contribution in [0.15, 0.2) is 18.3 Å². The van der Waals surface area contributed by atoms with Crippen molar-refractivity contribution in [3.8, 4) is 0 Å². The molecule has 4 aliphatic rings. The molecule has 2 bridgehead atoms. The van der Waals surface area contributed by atoms with Crippen LogP contribution in [-0.4, -0.2) is 53.9 Å². The zero-order chi connectivity index (χ0) is 20.5. The molecule has 4 fully saturated rings. The first kappa shape index (κ1) is 19.8. The molecule has 5 rings (SSSR count). The molecule has 1 aromatic rings. The normalized spacial score (nSPS) is 29.5. The lowest BCUT2D eigenvalue weighted by Gasteiger charge is -2.52. The number of nitrogens with zero attached hydrogens (tertiary/aromatic N) is 3. The lowest BCUT2D eigenvalue weighted by Crippen LogP contribution is -2.60. The number of fused-ring (bicyclic) bond motifs is 4. The van der Waals surface area contributed by atoms with Crippen LogP contribution in [0.5, 0.6) is 0 Å². The van der Waals surface area contributed by atoms with Gasteiger partial charge in [-0.3, -0.25) is 9.59 Å². The molecule has 0 aromatic carbocycles. The van der Waals surface area contributed by atoms with E-state index in [1.54, 1.807) is 6.20 Å². The minimum atomic E-state index is -0.00787. The molecule has 0 radical (unpaired) electrons. The fraction of sp³-hybridized carbons (Fsp3) is 0.708. The quantitative estimate of drug-likeness (QED) is 0.828. The number of nitrogens with one attached hydrogen (secondary N) is 1. The average Bonchev–Trinajstić information content (AvgIpc) is 2.79. The number of hydrogen-bond donors (Lipinski definition) is 1. The van der Waals surface area contributed by atoms with Gasteiger partial charge in [0.25, 0.3) is 5.91 Å². The van der Waals surface area contributed by atoms with E-state index < -0.39 is 0 Å². The predicted molar refractivity (Wildman–Crippen MR) is 116 cm³/mol. The van der Waals surface area contributed by atoms with Crippen LogP contribution < -0.4 is 10.2 Å². The summed E-state index contributed by atoms with van der Waals surface area (Å²) in [6, 6.07) is 4.33. The van der Waals surface area contributed by atoms with E-state index in [0.717, 1.165) is 51.3 Å². The predicted octanol–water partition coefficient (Wildman–Crippen LogP) is 3.23. The fourth-order valence-corrected chi connectivity index (χ4v) is 6.23. The largest absolute Gasteiger partial charge is 0.356 e. The van der Waals surface area contributed by atoms with Crippen LogP contribution in [0.3, 0.4) is 0 Å². The fourth-order valence-electron chi connectivity index (χ4n) is 6.23. The van der Waals surface area contributed by atoms with Crippen LogP contribution in [0.25, 0.3) is 0 Å². The van der Waals surface area contributed by atoms with E-state index in [4.69, 9.17) is 0 Å². The number of anilines is 1. The number of pyridine rings is 1. The smallest absolute Gasteiger partial charge is 0.252 e. The van der Waals surface area contributed by atoms with E-state index >= 15 is 0 Å². The van der Waals surface area contributed by atoms with Gasteiger partial charge in [-0.1, -0.05) is 19.3 Å². The van der Waals surface area contributed by atoms with Crippen molar-refractivity contribution in [3.63, 3.8) is 0 Å². The monoisotopic (exact) mass is 410 g/mol. The summed E-state index contributed by atoms with van der Waals surface area (Å²) in [4.78, 5) is 34.0. The molecule has 0 spiro atoms. The molecule has 3 atom stereocenters. The van der Waals surface area contributed by atoms with Gasteiger partial charge in [0.05, 0.1) is 5.56 Å². The van der Waals surface area contributed by atoms with Gasteiger partial charge in [-0.15, -0.1) is 0 Å².